The van der Waals surface area contributed by atoms with Gasteiger partial charge in [-0.25, -0.2) is 18.4 Å². The summed E-state index contributed by atoms with van der Waals surface area (Å²) in [5, 5.41) is 3.54. The van der Waals surface area contributed by atoms with E-state index < -0.39 is 10.0 Å². The number of sulfonamides is 1. The van der Waals surface area contributed by atoms with Gasteiger partial charge in [-0.05, 0) is 41.8 Å². The fourth-order valence-corrected chi connectivity index (χ4v) is 6.59. The van der Waals surface area contributed by atoms with Gasteiger partial charge in [0.05, 0.1) is 15.3 Å². The summed E-state index contributed by atoms with van der Waals surface area (Å²) in [5.74, 6) is 1.50. The number of nitrogens with zero attached hydrogens (tertiary/aromatic N) is 4. The summed E-state index contributed by atoms with van der Waals surface area (Å²) in [6, 6.07) is 16.2. The number of thiophene rings is 1. The molecule has 4 aromatic rings. The van der Waals surface area contributed by atoms with Gasteiger partial charge in [-0.1, -0.05) is 41.4 Å². The van der Waals surface area contributed by atoms with E-state index in [4.69, 9.17) is 33.2 Å². The molecule has 1 aliphatic heterocycles. The molecule has 0 amide bonds. The second-order valence-corrected chi connectivity index (χ2v) is 11.1. The number of fused-ring (bicyclic) bond motifs is 1. The Hall–Kier alpha value is -2.23. The molecule has 1 saturated heterocycles. The highest BCUT2D eigenvalue weighted by molar-refractivity contribution is 7.89. The lowest BCUT2D eigenvalue weighted by Crippen LogP contribution is -2.49. The van der Waals surface area contributed by atoms with Crippen molar-refractivity contribution in [3.05, 3.63) is 70.0 Å². The van der Waals surface area contributed by atoms with E-state index in [1.54, 1.807) is 11.3 Å². The maximum Gasteiger partial charge on any atom is 0.243 e. The average Bonchev–Trinajstić information content (AvgIpc) is 3.33. The van der Waals surface area contributed by atoms with Crippen molar-refractivity contribution in [3.8, 4) is 10.7 Å². The van der Waals surface area contributed by atoms with Gasteiger partial charge in [0.1, 0.15) is 5.82 Å². The number of aromatic nitrogens is 2. The zero-order chi connectivity index (χ0) is 22.3. The SMILES string of the molecule is O=S(=O)(c1cc(Cl)cc(Cl)c1)N1CCN(c2nc(-c3cccs3)nc3ccccc23)CC1. The van der Waals surface area contributed by atoms with Crippen LogP contribution < -0.4 is 4.90 Å². The molecule has 3 heterocycles. The van der Waals surface area contributed by atoms with E-state index in [1.807, 2.05) is 41.8 Å². The molecule has 1 aliphatic rings. The minimum atomic E-state index is -3.69. The molecule has 1 fully saturated rings. The third-order valence-electron chi connectivity index (χ3n) is 5.34. The Morgan fingerprint density at radius 3 is 2.28 bits per heavy atom. The van der Waals surface area contributed by atoms with E-state index in [1.165, 1.54) is 22.5 Å². The van der Waals surface area contributed by atoms with Crippen molar-refractivity contribution in [3.63, 3.8) is 0 Å². The third kappa shape index (κ3) is 4.09. The summed E-state index contributed by atoms with van der Waals surface area (Å²) >= 11 is 13.6. The normalized spacial score (nSPS) is 15.4. The molecule has 2 aromatic carbocycles. The van der Waals surface area contributed by atoms with E-state index in [-0.39, 0.29) is 4.90 Å². The Morgan fingerprint density at radius 1 is 0.875 bits per heavy atom. The van der Waals surface area contributed by atoms with Gasteiger partial charge in [-0.15, -0.1) is 11.3 Å². The van der Waals surface area contributed by atoms with Crippen LogP contribution in [0.1, 0.15) is 0 Å². The van der Waals surface area contributed by atoms with Gasteiger partial charge in [0.15, 0.2) is 5.82 Å². The zero-order valence-electron chi connectivity index (χ0n) is 16.8. The van der Waals surface area contributed by atoms with Crippen LogP contribution in [0.4, 0.5) is 5.82 Å². The molecule has 0 unspecified atom stereocenters. The summed E-state index contributed by atoms with van der Waals surface area (Å²) in [7, 11) is -3.69. The number of halogens is 2. The van der Waals surface area contributed by atoms with Crippen molar-refractivity contribution in [2.24, 2.45) is 0 Å². The van der Waals surface area contributed by atoms with Crippen LogP contribution >= 0.6 is 34.5 Å². The lowest BCUT2D eigenvalue weighted by atomic mass is 10.2. The maximum atomic E-state index is 13.1. The molecular formula is C22H18Cl2N4O2S2. The van der Waals surface area contributed by atoms with Crippen molar-refractivity contribution in [2.75, 3.05) is 31.1 Å². The van der Waals surface area contributed by atoms with Crippen molar-refractivity contribution >= 4 is 61.3 Å². The first-order valence-electron chi connectivity index (χ1n) is 9.94. The highest BCUT2D eigenvalue weighted by atomic mass is 35.5. The molecule has 164 valence electrons. The van der Waals surface area contributed by atoms with Crippen LogP contribution in [-0.4, -0.2) is 48.9 Å². The third-order valence-corrected chi connectivity index (χ3v) is 8.52. The highest BCUT2D eigenvalue weighted by Crippen LogP contribution is 2.31. The molecule has 0 atom stereocenters. The van der Waals surface area contributed by atoms with E-state index in [0.29, 0.717) is 42.0 Å². The first-order valence-corrected chi connectivity index (χ1v) is 13.0. The fourth-order valence-electron chi connectivity index (χ4n) is 3.78. The number of para-hydroxylation sites is 1. The first kappa shape index (κ1) is 21.6. The van der Waals surface area contributed by atoms with Crippen LogP contribution in [0.5, 0.6) is 0 Å². The summed E-state index contributed by atoms with van der Waals surface area (Å²) in [5.41, 5.74) is 0.865. The quantitative estimate of drug-likeness (QED) is 0.383. The molecule has 0 saturated carbocycles. The molecule has 0 aliphatic carbocycles. The molecule has 0 spiro atoms. The van der Waals surface area contributed by atoms with Gasteiger partial charge in [-0.3, -0.25) is 0 Å². The molecule has 32 heavy (non-hydrogen) atoms. The highest BCUT2D eigenvalue weighted by Gasteiger charge is 2.30. The Kier molecular flexibility index (Phi) is 5.81. The molecule has 10 heteroatoms. The van der Waals surface area contributed by atoms with Crippen molar-refractivity contribution in [1.29, 1.82) is 0 Å². The number of rotatable bonds is 4. The Balaban J connectivity index is 1.44. The number of hydrogen-bond acceptors (Lipinski definition) is 6. The van der Waals surface area contributed by atoms with Crippen LogP contribution in [-0.2, 0) is 10.0 Å². The molecule has 0 bridgehead atoms. The second-order valence-electron chi connectivity index (χ2n) is 7.36. The maximum absolute atomic E-state index is 13.1. The minimum Gasteiger partial charge on any atom is -0.353 e. The van der Waals surface area contributed by atoms with Crippen molar-refractivity contribution in [2.45, 2.75) is 4.90 Å². The van der Waals surface area contributed by atoms with E-state index in [2.05, 4.69) is 4.90 Å². The molecule has 5 rings (SSSR count). The number of benzene rings is 2. The van der Waals surface area contributed by atoms with Gasteiger partial charge < -0.3 is 4.90 Å². The summed E-state index contributed by atoms with van der Waals surface area (Å²) in [6.45, 7) is 1.69. The lowest BCUT2D eigenvalue weighted by Gasteiger charge is -2.35. The van der Waals surface area contributed by atoms with E-state index in [9.17, 15) is 8.42 Å². The topological polar surface area (TPSA) is 66.4 Å². The first-order chi connectivity index (χ1) is 15.4. The van der Waals surface area contributed by atoms with Crippen LogP contribution in [0.2, 0.25) is 10.0 Å². The number of hydrogen-bond donors (Lipinski definition) is 0. The molecule has 2 aromatic heterocycles. The predicted octanol–water partition coefficient (Wildman–Crippen LogP) is 5.18. The zero-order valence-corrected chi connectivity index (χ0v) is 19.9. The van der Waals surface area contributed by atoms with Gasteiger partial charge in [0.25, 0.3) is 0 Å². The monoisotopic (exact) mass is 504 g/mol. The number of piperazine rings is 1. The second kappa shape index (κ2) is 8.61. The van der Waals surface area contributed by atoms with Crippen LogP contribution in [0.25, 0.3) is 21.6 Å². The van der Waals surface area contributed by atoms with Gasteiger partial charge in [-0.2, -0.15) is 4.31 Å². The van der Waals surface area contributed by atoms with Crippen molar-refractivity contribution in [1.82, 2.24) is 14.3 Å². The summed E-state index contributed by atoms with van der Waals surface area (Å²) in [4.78, 5) is 12.8. The molecule has 0 N–H and O–H groups in total. The van der Waals surface area contributed by atoms with E-state index in [0.717, 1.165) is 21.6 Å². The molecule has 0 radical (unpaired) electrons. The Labute approximate surface area is 200 Å². The van der Waals surface area contributed by atoms with Crippen LogP contribution in [0, 0.1) is 0 Å². The standard InChI is InChI=1S/C22H18Cl2N4O2S2/c23-15-12-16(24)14-17(13-15)32(29,30)28-9-7-27(8-10-28)22-18-4-1-2-5-19(18)25-21(26-22)20-6-3-11-31-20/h1-6,11-14H,7-10H2. The van der Waals surface area contributed by atoms with Gasteiger partial charge in [0, 0.05) is 41.6 Å². The van der Waals surface area contributed by atoms with Crippen molar-refractivity contribution < 1.29 is 8.42 Å². The Morgan fingerprint density at radius 2 is 1.59 bits per heavy atom. The van der Waals surface area contributed by atoms with Crippen LogP contribution in [0.3, 0.4) is 0 Å². The largest absolute Gasteiger partial charge is 0.353 e. The molecular weight excluding hydrogens is 487 g/mol. The number of anilines is 1. The minimum absolute atomic E-state index is 0.107. The predicted molar refractivity (Wildman–Crippen MR) is 130 cm³/mol. The van der Waals surface area contributed by atoms with Gasteiger partial charge >= 0.3 is 0 Å². The lowest BCUT2D eigenvalue weighted by molar-refractivity contribution is 0.384. The summed E-state index contributed by atoms with van der Waals surface area (Å²) < 4.78 is 27.7. The smallest absolute Gasteiger partial charge is 0.243 e. The summed E-state index contributed by atoms with van der Waals surface area (Å²) in [6.07, 6.45) is 0. The average molecular weight is 505 g/mol. The van der Waals surface area contributed by atoms with Crippen LogP contribution in [0.15, 0.2) is 64.9 Å². The molecule has 6 nitrogen and oxygen atoms in total. The fraction of sp³-hybridized carbons (Fsp3) is 0.182. The van der Waals surface area contributed by atoms with E-state index >= 15 is 0 Å². The Bertz CT molecular complexity index is 1370. The van der Waals surface area contributed by atoms with Gasteiger partial charge in [0.2, 0.25) is 10.0 Å².